The molecule has 2 heterocycles. The van der Waals surface area contributed by atoms with E-state index >= 15 is 0 Å². The molecule has 1 fully saturated rings. The average molecular weight is 437 g/mol. The Bertz CT molecular complexity index is 994. The standard InChI is InChI=1S/C20H24FN3O5S/c1-28-12-13-29-20-17(6-5-9-22-20)23-19(25)15-7-8-16(21)18(14-15)30(26,27)24-10-3-2-4-11-24/h5-9,14H,2-4,10-13H2,1H3,(H,23,25). The zero-order valence-corrected chi connectivity index (χ0v) is 17.5. The number of anilines is 1. The third-order valence-corrected chi connectivity index (χ3v) is 6.59. The second kappa shape index (κ2) is 9.96. The Morgan fingerprint density at radius 1 is 1.20 bits per heavy atom. The van der Waals surface area contributed by atoms with Gasteiger partial charge in [-0.1, -0.05) is 6.42 Å². The number of aromatic nitrogens is 1. The first-order valence-corrected chi connectivity index (χ1v) is 11.1. The van der Waals surface area contributed by atoms with E-state index in [4.69, 9.17) is 9.47 Å². The topological polar surface area (TPSA) is 97.8 Å². The number of carbonyl (C=O) groups excluding carboxylic acids is 1. The van der Waals surface area contributed by atoms with Crippen LogP contribution in [0.4, 0.5) is 10.1 Å². The van der Waals surface area contributed by atoms with Crippen molar-refractivity contribution < 1.29 is 27.1 Å². The Labute approximate surface area is 175 Å². The SMILES string of the molecule is COCCOc1ncccc1NC(=O)c1ccc(F)c(S(=O)(=O)N2CCCCC2)c1. The predicted octanol–water partition coefficient (Wildman–Crippen LogP) is 2.67. The predicted molar refractivity (Wildman–Crippen MR) is 109 cm³/mol. The first-order valence-electron chi connectivity index (χ1n) is 9.61. The maximum atomic E-state index is 14.4. The number of ether oxygens (including phenoxy) is 2. The lowest BCUT2D eigenvalue weighted by Crippen LogP contribution is -2.36. The fraction of sp³-hybridized carbons (Fsp3) is 0.400. The van der Waals surface area contributed by atoms with E-state index in [1.807, 2.05) is 0 Å². The molecule has 1 aromatic carbocycles. The molecular weight excluding hydrogens is 413 g/mol. The Morgan fingerprint density at radius 3 is 2.70 bits per heavy atom. The van der Waals surface area contributed by atoms with Crippen molar-refractivity contribution in [1.82, 2.24) is 9.29 Å². The highest BCUT2D eigenvalue weighted by atomic mass is 32.2. The summed E-state index contributed by atoms with van der Waals surface area (Å²) in [5, 5.41) is 2.63. The number of pyridine rings is 1. The van der Waals surface area contributed by atoms with Gasteiger partial charge in [0.2, 0.25) is 15.9 Å². The molecule has 0 bridgehead atoms. The number of piperidine rings is 1. The van der Waals surface area contributed by atoms with E-state index in [1.165, 1.54) is 23.7 Å². The lowest BCUT2D eigenvalue weighted by Gasteiger charge is -2.26. The number of benzene rings is 1. The highest BCUT2D eigenvalue weighted by Crippen LogP contribution is 2.25. The molecule has 0 radical (unpaired) electrons. The molecule has 10 heteroatoms. The van der Waals surface area contributed by atoms with Gasteiger partial charge in [-0.15, -0.1) is 0 Å². The summed E-state index contributed by atoms with van der Waals surface area (Å²) in [6, 6.07) is 6.51. The highest BCUT2D eigenvalue weighted by molar-refractivity contribution is 7.89. The molecule has 2 aromatic rings. The minimum atomic E-state index is -4.02. The zero-order valence-electron chi connectivity index (χ0n) is 16.6. The first-order chi connectivity index (χ1) is 14.4. The van der Waals surface area contributed by atoms with Gasteiger partial charge in [0.1, 0.15) is 23.0 Å². The van der Waals surface area contributed by atoms with E-state index in [9.17, 15) is 17.6 Å². The number of carbonyl (C=O) groups is 1. The molecule has 30 heavy (non-hydrogen) atoms. The normalized spacial score (nSPS) is 15.0. The Hall–Kier alpha value is -2.56. The van der Waals surface area contributed by atoms with Crippen LogP contribution in [0.5, 0.6) is 5.88 Å². The summed E-state index contributed by atoms with van der Waals surface area (Å²) in [5.41, 5.74) is 0.321. The minimum absolute atomic E-state index is 0.0127. The number of halogens is 1. The van der Waals surface area contributed by atoms with Gasteiger partial charge >= 0.3 is 0 Å². The average Bonchev–Trinajstić information content (AvgIpc) is 2.76. The van der Waals surface area contributed by atoms with Gasteiger partial charge in [-0.3, -0.25) is 4.79 Å². The quantitative estimate of drug-likeness (QED) is 0.638. The summed E-state index contributed by atoms with van der Waals surface area (Å²) in [6.07, 6.45) is 3.91. The molecule has 1 aliphatic rings. The van der Waals surface area contributed by atoms with Crippen LogP contribution in [0.15, 0.2) is 41.4 Å². The van der Waals surface area contributed by atoms with Gasteiger partial charge in [0.05, 0.1) is 6.61 Å². The van der Waals surface area contributed by atoms with Crippen LogP contribution >= 0.6 is 0 Å². The highest BCUT2D eigenvalue weighted by Gasteiger charge is 2.29. The van der Waals surface area contributed by atoms with Crippen LogP contribution < -0.4 is 10.1 Å². The number of sulfonamides is 1. The molecule has 1 aliphatic heterocycles. The smallest absolute Gasteiger partial charge is 0.255 e. The van der Waals surface area contributed by atoms with Gasteiger partial charge in [-0.2, -0.15) is 4.31 Å². The van der Waals surface area contributed by atoms with Crippen molar-refractivity contribution in [3.05, 3.63) is 47.9 Å². The number of rotatable bonds is 8. The third-order valence-electron chi connectivity index (χ3n) is 4.67. The van der Waals surface area contributed by atoms with E-state index < -0.39 is 26.6 Å². The van der Waals surface area contributed by atoms with E-state index in [1.54, 1.807) is 12.1 Å². The molecule has 1 N–H and O–H groups in total. The fourth-order valence-corrected chi connectivity index (χ4v) is 4.71. The van der Waals surface area contributed by atoms with Gasteiger partial charge in [0.25, 0.3) is 5.91 Å². The summed E-state index contributed by atoms with van der Waals surface area (Å²) < 4.78 is 51.7. The molecular formula is C20H24FN3O5S. The number of nitrogens with one attached hydrogen (secondary N) is 1. The van der Waals surface area contributed by atoms with E-state index in [-0.39, 0.29) is 18.1 Å². The number of amides is 1. The van der Waals surface area contributed by atoms with Crippen molar-refractivity contribution in [1.29, 1.82) is 0 Å². The van der Waals surface area contributed by atoms with Crippen LogP contribution in [-0.2, 0) is 14.8 Å². The van der Waals surface area contributed by atoms with Gasteiger partial charge < -0.3 is 14.8 Å². The largest absolute Gasteiger partial charge is 0.474 e. The van der Waals surface area contributed by atoms with Crippen molar-refractivity contribution in [2.24, 2.45) is 0 Å². The Balaban J connectivity index is 1.82. The van der Waals surface area contributed by atoms with Crippen molar-refractivity contribution >= 4 is 21.6 Å². The molecule has 0 atom stereocenters. The summed E-state index contributed by atoms with van der Waals surface area (Å²) >= 11 is 0. The van der Waals surface area contributed by atoms with Crippen molar-refractivity contribution in [3.8, 4) is 5.88 Å². The molecule has 0 spiro atoms. The molecule has 162 valence electrons. The number of hydrogen-bond donors (Lipinski definition) is 1. The summed E-state index contributed by atoms with van der Waals surface area (Å²) in [6.45, 7) is 1.27. The maximum Gasteiger partial charge on any atom is 0.255 e. The molecule has 0 saturated carbocycles. The van der Waals surface area contributed by atoms with Crippen molar-refractivity contribution in [3.63, 3.8) is 0 Å². The van der Waals surface area contributed by atoms with Gasteiger partial charge in [0.15, 0.2) is 0 Å². The Morgan fingerprint density at radius 2 is 1.97 bits per heavy atom. The Kier molecular flexibility index (Phi) is 7.35. The van der Waals surface area contributed by atoms with Crippen LogP contribution in [-0.4, -0.2) is 57.0 Å². The molecule has 8 nitrogen and oxygen atoms in total. The van der Waals surface area contributed by atoms with Crippen LogP contribution in [0, 0.1) is 5.82 Å². The van der Waals surface area contributed by atoms with E-state index in [0.717, 1.165) is 31.4 Å². The van der Waals surface area contributed by atoms with Crippen LogP contribution in [0.1, 0.15) is 29.6 Å². The number of nitrogens with zero attached hydrogens (tertiary/aromatic N) is 2. The van der Waals surface area contributed by atoms with Crippen LogP contribution in [0.3, 0.4) is 0 Å². The van der Waals surface area contributed by atoms with Gasteiger partial charge in [0, 0.05) is 32.0 Å². The fourth-order valence-electron chi connectivity index (χ4n) is 3.10. The van der Waals surface area contributed by atoms with Gasteiger partial charge in [-0.25, -0.2) is 17.8 Å². The molecule has 0 aliphatic carbocycles. The minimum Gasteiger partial charge on any atom is -0.474 e. The number of methoxy groups -OCH3 is 1. The molecule has 1 saturated heterocycles. The second-order valence-electron chi connectivity index (χ2n) is 6.76. The zero-order chi connectivity index (χ0) is 21.6. The second-order valence-corrected chi connectivity index (χ2v) is 8.67. The first kappa shape index (κ1) is 22.1. The van der Waals surface area contributed by atoms with Crippen LogP contribution in [0.25, 0.3) is 0 Å². The molecule has 1 amide bonds. The summed E-state index contributed by atoms with van der Waals surface area (Å²) in [4.78, 5) is 16.3. The molecule has 0 unspecified atom stereocenters. The maximum absolute atomic E-state index is 14.4. The summed E-state index contributed by atoms with van der Waals surface area (Å²) in [7, 11) is -2.48. The molecule has 1 aromatic heterocycles. The van der Waals surface area contributed by atoms with E-state index in [2.05, 4.69) is 10.3 Å². The lowest BCUT2D eigenvalue weighted by molar-refractivity contribution is 0.102. The lowest BCUT2D eigenvalue weighted by atomic mass is 10.2. The molecule has 3 rings (SSSR count). The van der Waals surface area contributed by atoms with Crippen molar-refractivity contribution in [2.45, 2.75) is 24.2 Å². The number of hydrogen-bond acceptors (Lipinski definition) is 6. The monoisotopic (exact) mass is 437 g/mol. The van der Waals surface area contributed by atoms with Gasteiger partial charge in [-0.05, 0) is 43.2 Å². The van der Waals surface area contributed by atoms with E-state index in [0.29, 0.717) is 25.4 Å². The van der Waals surface area contributed by atoms with Crippen LogP contribution in [0.2, 0.25) is 0 Å². The summed E-state index contributed by atoms with van der Waals surface area (Å²) in [5.74, 6) is -1.29. The van der Waals surface area contributed by atoms with Crippen molar-refractivity contribution in [2.75, 3.05) is 38.7 Å². The third kappa shape index (κ3) is 5.13.